The number of allylic oxidation sites excluding steroid dienone is 1. The number of amides is 1. The number of esters is 1. The average Bonchev–Trinajstić information content (AvgIpc) is 2.33. The van der Waals surface area contributed by atoms with Crippen molar-refractivity contribution < 1.29 is 14.3 Å². The number of nitrogens with zero attached hydrogens (tertiary/aromatic N) is 2. The molecule has 0 fully saturated rings. The Bertz CT molecular complexity index is 440. The highest BCUT2D eigenvalue weighted by molar-refractivity contribution is 6.17. The van der Waals surface area contributed by atoms with Crippen LogP contribution >= 0.6 is 0 Å². The zero-order chi connectivity index (χ0) is 13.3. The highest BCUT2D eigenvalue weighted by Gasteiger charge is 2.37. The number of hydrogen-bond donors (Lipinski definition) is 0. The second kappa shape index (κ2) is 4.84. The molecule has 1 amide bonds. The maximum Gasteiger partial charge on any atom is 0.345 e. The Hall–Kier alpha value is -1.78. The topological polar surface area (TPSA) is 49.9 Å². The molecule has 98 valence electrons. The molecular formula is C13H18N2O3. The van der Waals surface area contributed by atoms with Crippen molar-refractivity contribution in [2.45, 2.75) is 32.7 Å². The molecule has 2 aliphatic heterocycles. The van der Waals surface area contributed by atoms with Gasteiger partial charge in [0.2, 0.25) is 0 Å². The largest absolute Gasteiger partial charge is 0.462 e. The van der Waals surface area contributed by atoms with Crippen molar-refractivity contribution in [2.75, 3.05) is 13.7 Å². The van der Waals surface area contributed by atoms with Crippen LogP contribution in [-0.2, 0) is 14.3 Å². The summed E-state index contributed by atoms with van der Waals surface area (Å²) in [5.74, 6) is 0.0444. The number of rotatable bonds is 2. The normalized spacial score (nSPS) is 23.3. The Morgan fingerprint density at radius 3 is 2.94 bits per heavy atom. The zero-order valence-electron chi connectivity index (χ0n) is 11.0. The van der Waals surface area contributed by atoms with Crippen molar-refractivity contribution in [1.29, 1.82) is 0 Å². The summed E-state index contributed by atoms with van der Waals surface area (Å²) in [7, 11) is 1.84. The van der Waals surface area contributed by atoms with Crippen LogP contribution in [-0.4, -0.2) is 41.4 Å². The average molecular weight is 250 g/mol. The molecule has 0 N–H and O–H groups in total. The Labute approximate surface area is 107 Å². The fourth-order valence-electron chi connectivity index (χ4n) is 2.32. The standard InChI is InChI=1S/C13H18N2O3/c1-4-18-13(17)10-8-14(3)11-7-5-6-9(2)15(11)12(10)16/h7-9H,4-6H2,1-3H3. The third kappa shape index (κ3) is 2.00. The molecule has 0 bridgehead atoms. The van der Waals surface area contributed by atoms with Crippen molar-refractivity contribution in [2.24, 2.45) is 0 Å². The molecular weight excluding hydrogens is 232 g/mol. The molecule has 1 unspecified atom stereocenters. The van der Waals surface area contributed by atoms with Crippen LogP contribution in [0.25, 0.3) is 0 Å². The predicted molar refractivity (Wildman–Crippen MR) is 66.1 cm³/mol. The molecule has 2 heterocycles. The van der Waals surface area contributed by atoms with Crippen LogP contribution in [0, 0.1) is 0 Å². The summed E-state index contributed by atoms with van der Waals surface area (Å²) in [4.78, 5) is 27.6. The molecule has 2 aliphatic rings. The van der Waals surface area contributed by atoms with Gasteiger partial charge in [0.05, 0.1) is 6.61 Å². The predicted octanol–water partition coefficient (Wildman–Crippen LogP) is 1.23. The van der Waals surface area contributed by atoms with Crippen molar-refractivity contribution >= 4 is 11.9 Å². The fourth-order valence-corrected chi connectivity index (χ4v) is 2.32. The Kier molecular flexibility index (Phi) is 3.41. The van der Waals surface area contributed by atoms with Crippen LogP contribution in [0.2, 0.25) is 0 Å². The first-order chi connectivity index (χ1) is 8.56. The molecule has 0 saturated carbocycles. The number of hydrogen-bond acceptors (Lipinski definition) is 4. The molecule has 0 aromatic heterocycles. The van der Waals surface area contributed by atoms with E-state index < -0.39 is 5.97 Å². The highest BCUT2D eigenvalue weighted by Crippen LogP contribution is 2.29. The van der Waals surface area contributed by atoms with Crippen LogP contribution < -0.4 is 0 Å². The monoisotopic (exact) mass is 250 g/mol. The van der Waals surface area contributed by atoms with Crippen molar-refractivity contribution in [3.8, 4) is 0 Å². The van der Waals surface area contributed by atoms with Gasteiger partial charge in [-0.2, -0.15) is 0 Å². The lowest BCUT2D eigenvalue weighted by atomic mass is 10.0. The molecule has 0 spiro atoms. The Morgan fingerprint density at radius 2 is 2.28 bits per heavy atom. The lowest BCUT2D eigenvalue weighted by molar-refractivity contribution is -0.143. The third-order valence-electron chi connectivity index (χ3n) is 3.23. The SMILES string of the molecule is CCOC(=O)C1=CN(C)C2=CCCC(C)N2C1=O. The summed E-state index contributed by atoms with van der Waals surface area (Å²) < 4.78 is 4.91. The van der Waals surface area contributed by atoms with E-state index in [0.29, 0.717) is 0 Å². The lowest BCUT2D eigenvalue weighted by Gasteiger charge is -2.41. The smallest absolute Gasteiger partial charge is 0.345 e. The number of carbonyl (C=O) groups excluding carboxylic acids is 2. The van der Waals surface area contributed by atoms with Gasteiger partial charge in [0.1, 0.15) is 11.4 Å². The summed E-state index contributed by atoms with van der Waals surface area (Å²) >= 11 is 0. The molecule has 18 heavy (non-hydrogen) atoms. The molecule has 1 atom stereocenters. The van der Waals surface area contributed by atoms with Crippen molar-refractivity contribution in [3.63, 3.8) is 0 Å². The van der Waals surface area contributed by atoms with Crippen LogP contribution in [0.5, 0.6) is 0 Å². The van der Waals surface area contributed by atoms with E-state index in [2.05, 4.69) is 0 Å². The van der Waals surface area contributed by atoms with E-state index in [1.54, 1.807) is 18.0 Å². The van der Waals surface area contributed by atoms with Gasteiger partial charge in [0, 0.05) is 19.3 Å². The molecule has 5 nitrogen and oxygen atoms in total. The number of fused-ring (bicyclic) bond motifs is 1. The van der Waals surface area contributed by atoms with Crippen LogP contribution in [0.3, 0.4) is 0 Å². The Balaban J connectivity index is 2.35. The van der Waals surface area contributed by atoms with E-state index in [9.17, 15) is 9.59 Å². The summed E-state index contributed by atoms with van der Waals surface area (Å²) in [6.07, 6.45) is 5.45. The summed E-state index contributed by atoms with van der Waals surface area (Å²) in [5.41, 5.74) is 0.102. The number of ether oxygens (including phenoxy) is 1. The lowest BCUT2D eigenvalue weighted by Crippen LogP contribution is -2.48. The summed E-state index contributed by atoms with van der Waals surface area (Å²) in [6, 6.07) is 0.109. The van der Waals surface area contributed by atoms with Gasteiger partial charge >= 0.3 is 5.97 Å². The van der Waals surface area contributed by atoms with Crippen molar-refractivity contribution in [3.05, 3.63) is 23.7 Å². The highest BCUT2D eigenvalue weighted by atomic mass is 16.5. The van der Waals surface area contributed by atoms with E-state index >= 15 is 0 Å². The van der Waals surface area contributed by atoms with Gasteiger partial charge in [-0.05, 0) is 32.8 Å². The molecule has 0 aliphatic carbocycles. The van der Waals surface area contributed by atoms with E-state index in [0.717, 1.165) is 18.7 Å². The second-order valence-electron chi connectivity index (χ2n) is 4.54. The van der Waals surface area contributed by atoms with Gasteiger partial charge in [0.15, 0.2) is 0 Å². The van der Waals surface area contributed by atoms with Gasteiger partial charge in [-0.25, -0.2) is 4.79 Å². The van der Waals surface area contributed by atoms with Crippen LogP contribution in [0.1, 0.15) is 26.7 Å². The van der Waals surface area contributed by atoms with Crippen LogP contribution in [0.15, 0.2) is 23.7 Å². The van der Waals surface area contributed by atoms with Gasteiger partial charge in [-0.3, -0.25) is 9.69 Å². The minimum atomic E-state index is -0.550. The fraction of sp³-hybridized carbons (Fsp3) is 0.538. The second-order valence-corrected chi connectivity index (χ2v) is 4.54. The third-order valence-corrected chi connectivity index (χ3v) is 3.23. The summed E-state index contributed by atoms with van der Waals surface area (Å²) in [5, 5.41) is 0. The first kappa shape index (κ1) is 12.7. The minimum absolute atomic E-state index is 0.102. The minimum Gasteiger partial charge on any atom is -0.462 e. The quantitative estimate of drug-likeness (QED) is 0.546. The molecule has 0 aromatic carbocycles. The van der Waals surface area contributed by atoms with E-state index in [-0.39, 0.29) is 24.1 Å². The molecule has 0 aromatic rings. The number of carbonyl (C=O) groups is 2. The molecule has 0 saturated heterocycles. The van der Waals surface area contributed by atoms with Crippen molar-refractivity contribution in [1.82, 2.24) is 9.80 Å². The van der Waals surface area contributed by atoms with Gasteiger partial charge in [-0.15, -0.1) is 0 Å². The maximum atomic E-state index is 12.3. The molecule has 2 rings (SSSR count). The van der Waals surface area contributed by atoms with Gasteiger partial charge in [-0.1, -0.05) is 0 Å². The van der Waals surface area contributed by atoms with Gasteiger partial charge in [0.25, 0.3) is 5.91 Å². The Morgan fingerprint density at radius 1 is 1.56 bits per heavy atom. The summed E-state index contributed by atoms with van der Waals surface area (Å²) in [6.45, 7) is 3.99. The van der Waals surface area contributed by atoms with E-state index in [1.165, 1.54) is 0 Å². The van der Waals surface area contributed by atoms with Crippen LogP contribution in [0.4, 0.5) is 0 Å². The first-order valence-electron chi connectivity index (χ1n) is 6.21. The molecule has 0 radical (unpaired) electrons. The molecule has 5 heteroatoms. The zero-order valence-corrected chi connectivity index (χ0v) is 11.0. The van der Waals surface area contributed by atoms with E-state index in [4.69, 9.17) is 4.74 Å². The first-order valence-corrected chi connectivity index (χ1v) is 6.21. The van der Waals surface area contributed by atoms with Gasteiger partial charge < -0.3 is 9.64 Å². The maximum absolute atomic E-state index is 12.3. The van der Waals surface area contributed by atoms with E-state index in [1.807, 2.05) is 24.9 Å².